The molecule has 2 nitrogen and oxygen atoms in total. The van der Waals surface area contributed by atoms with Crippen molar-refractivity contribution in [1.29, 1.82) is 0 Å². The number of nitrogens with zero attached hydrogens (tertiary/aromatic N) is 1. The number of aromatic nitrogens is 1. The normalized spacial score (nSPS) is 13.9. The first-order valence-electron chi connectivity index (χ1n) is 5.06. The predicted molar refractivity (Wildman–Crippen MR) is 57.5 cm³/mol. The minimum absolute atomic E-state index is 0.445. The zero-order chi connectivity index (χ0) is 12.5. The van der Waals surface area contributed by atoms with Crippen LogP contribution in [0.5, 0.6) is 0 Å². The molecular weight excluding hydrogens is 231 g/mol. The van der Waals surface area contributed by atoms with Gasteiger partial charge in [-0.1, -0.05) is 18.2 Å². The van der Waals surface area contributed by atoms with Crippen LogP contribution in [0, 0.1) is 0 Å². The molecule has 1 aromatic heterocycles. The van der Waals surface area contributed by atoms with Gasteiger partial charge < -0.3 is 5.11 Å². The zero-order valence-corrected chi connectivity index (χ0v) is 8.78. The Morgan fingerprint density at radius 3 is 2.59 bits per heavy atom. The van der Waals surface area contributed by atoms with Crippen LogP contribution in [0.2, 0.25) is 0 Å². The molecular formula is C12H10F3NO. The Balaban J connectivity index is 2.36. The van der Waals surface area contributed by atoms with E-state index in [9.17, 15) is 13.2 Å². The number of fused-ring (bicyclic) bond motifs is 1. The summed E-state index contributed by atoms with van der Waals surface area (Å²) in [5, 5.41) is 9.69. The molecule has 1 heterocycles. The standard InChI is InChI=1S/C12H10F3NO/c13-12(14,15)11(17)7-8-5-6-16-10-4-2-1-3-9(8)10/h1-6,11,17H,7H2/t11-/m1/s1. The lowest BCUT2D eigenvalue weighted by Gasteiger charge is -2.15. The number of halogens is 3. The van der Waals surface area contributed by atoms with Crippen LogP contribution < -0.4 is 0 Å². The third kappa shape index (κ3) is 2.55. The van der Waals surface area contributed by atoms with Crippen molar-refractivity contribution in [2.24, 2.45) is 0 Å². The van der Waals surface area contributed by atoms with E-state index in [2.05, 4.69) is 4.98 Å². The minimum atomic E-state index is -4.59. The van der Waals surface area contributed by atoms with E-state index in [4.69, 9.17) is 5.11 Å². The number of hydrogen-bond acceptors (Lipinski definition) is 2. The first-order valence-corrected chi connectivity index (χ1v) is 5.06. The van der Waals surface area contributed by atoms with Crippen LogP contribution in [0.15, 0.2) is 36.5 Å². The van der Waals surface area contributed by atoms with Crippen LogP contribution in [0.1, 0.15) is 5.56 Å². The summed E-state index contributed by atoms with van der Waals surface area (Å²) in [4.78, 5) is 4.05. The van der Waals surface area contributed by atoms with Crippen LogP contribution in [-0.4, -0.2) is 22.4 Å². The van der Waals surface area contributed by atoms with Gasteiger partial charge in [0.05, 0.1) is 5.52 Å². The number of aliphatic hydroxyl groups excluding tert-OH is 1. The van der Waals surface area contributed by atoms with Crippen LogP contribution in [0.4, 0.5) is 13.2 Å². The smallest absolute Gasteiger partial charge is 0.383 e. The van der Waals surface area contributed by atoms with Gasteiger partial charge in [-0.05, 0) is 17.7 Å². The van der Waals surface area contributed by atoms with Crippen molar-refractivity contribution >= 4 is 10.9 Å². The van der Waals surface area contributed by atoms with Gasteiger partial charge in [0.15, 0.2) is 6.10 Å². The quantitative estimate of drug-likeness (QED) is 0.876. The van der Waals surface area contributed by atoms with Gasteiger partial charge in [0.2, 0.25) is 0 Å². The molecule has 0 aliphatic carbocycles. The van der Waals surface area contributed by atoms with Gasteiger partial charge >= 0.3 is 6.18 Å². The molecule has 2 rings (SSSR count). The van der Waals surface area contributed by atoms with E-state index in [-0.39, 0.29) is 0 Å². The molecule has 0 spiro atoms. The van der Waals surface area contributed by atoms with E-state index in [0.717, 1.165) is 0 Å². The summed E-state index contributed by atoms with van der Waals surface area (Å²) in [5.41, 5.74) is 1.07. The van der Waals surface area contributed by atoms with Crippen LogP contribution in [-0.2, 0) is 6.42 Å². The molecule has 5 heteroatoms. The van der Waals surface area contributed by atoms with Gasteiger partial charge in [-0.25, -0.2) is 0 Å². The Bertz CT molecular complexity index is 519. The third-order valence-corrected chi connectivity index (χ3v) is 2.53. The largest absolute Gasteiger partial charge is 0.414 e. The van der Waals surface area contributed by atoms with Crippen molar-refractivity contribution in [3.05, 3.63) is 42.1 Å². The van der Waals surface area contributed by atoms with Gasteiger partial charge in [0.25, 0.3) is 0 Å². The van der Waals surface area contributed by atoms with E-state index < -0.39 is 18.7 Å². The lowest BCUT2D eigenvalue weighted by atomic mass is 10.0. The molecule has 0 fully saturated rings. The van der Waals surface area contributed by atoms with E-state index in [1.54, 1.807) is 24.3 Å². The highest BCUT2D eigenvalue weighted by Crippen LogP contribution is 2.25. The molecule has 0 bridgehead atoms. The van der Waals surface area contributed by atoms with Gasteiger partial charge in [0, 0.05) is 18.0 Å². The molecule has 0 aliphatic heterocycles. The van der Waals surface area contributed by atoms with Gasteiger partial charge in [-0.2, -0.15) is 13.2 Å². The molecule has 2 aromatic rings. The van der Waals surface area contributed by atoms with E-state index in [1.165, 1.54) is 12.3 Å². The van der Waals surface area contributed by atoms with E-state index >= 15 is 0 Å². The summed E-state index contributed by atoms with van der Waals surface area (Å²) < 4.78 is 36.8. The molecule has 0 amide bonds. The fourth-order valence-corrected chi connectivity index (χ4v) is 1.66. The fourth-order valence-electron chi connectivity index (χ4n) is 1.66. The molecule has 0 aliphatic rings. The van der Waals surface area contributed by atoms with Crippen LogP contribution in [0.25, 0.3) is 10.9 Å². The third-order valence-electron chi connectivity index (χ3n) is 2.53. The van der Waals surface area contributed by atoms with Crippen molar-refractivity contribution in [3.63, 3.8) is 0 Å². The average Bonchev–Trinajstić information content (AvgIpc) is 2.28. The highest BCUT2D eigenvalue weighted by Gasteiger charge is 2.38. The number of benzene rings is 1. The summed E-state index contributed by atoms with van der Waals surface area (Å²) in [6, 6.07) is 8.41. The summed E-state index contributed by atoms with van der Waals surface area (Å²) in [5.74, 6) is 0. The predicted octanol–water partition coefficient (Wildman–Crippen LogP) is 2.70. The Morgan fingerprint density at radius 2 is 1.88 bits per heavy atom. The molecule has 0 saturated heterocycles. The Kier molecular flexibility index (Phi) is 3.02. The Labute approximate surface area is 95.7 Å². The summed E-state index contributed by atoms with van der Waals surface area (Å²) in [6.07, 6.45) is -5.94. The monoisotopic (exact) mass is 241 g/mol. The Hall–Kier alpha value is -1.62. The first-order chi connectivity index (χ1) is 7.98. The molecule has 1 atom stereocenters. The number of rotatable bonds is 2. The van der Waals surface area contributed by atoms with Crippen LogP contribution >= 0.6 is 0 Å². The average molecular weight is 241 g/mol. The summed E-state index contributed by atoms with van der Waals surface area (Å²) in [6.45, 7) is 0. The molecule has 90 valence electrons. The second-order valence-electron chi connectivity index (χ2n) is 3.75. The van der Waals surface area contributed by atoms with Gasteiger partial charge in [-0.3, -0.25) is 4.98 Å². The number of hydrogen-bond donors (Lipinski definition) is 1. The van der Waals surface area contributed by atoms with Crippen molar-refractivity contribution in [2.45, 2.75) is 18.7 Å². The lowest BCUT2D eigenvalue weighted by molar-refractivity contribution is -0.202. The first kappa shape index (κ1) is 11.9. The van der Waals surface area contributed by atoms with Gasteiger partial charge in [-0.15, -0.1) is 0 Å². The van der Waals surface area contributed by atoms with Crippen molar-refractivity contribution in [3.8, 4) is 0 Å². The summed E-state index contributed by atoms with van der Waals surface area (Å²) >= 11 is 0. The van der Waals surface area contributed by atoms with E-state index in [1.807, 2.05) is 0 Å². The van der Waals surface area contributed by atoms with Gasteiger partial charge in [0.1, 0.15) is 0 Å². The highest BCUT2D eigenvalue weighted by atomic mass is 19.4. The number of para-hydroxylation sites is 1. The molecule has 17 heavy (non-hydrogen) atoms. The molecule has 1 aromatic carbocycles. The SMILES string of the molecule is O[C@H](Cc1ccnc2ccccc12)C(F)(F)F. The number of pyridine rings is 1. The van der Waals surface area contributed by atoms with Crippen LogP contribution in [0.3, 0.4) is 0 Å². The second-order valence-corrected chi connectivity index (χ2v) is 3.75. The molecule has 1 N–H and O–H groups in total. The van der Waals surface area contributed by atoms with Crippen molar-refractivity contribution in [2.75, 3.05) is 0 Å². The Morgan fingerprint density at radius 1 is 1.18 bits per heavy atom. The number of aliphatic hydroxyl groups is 1. The zero-order valence-electron chi connectivity index (χ0n) is 8.78. The van der Waals surface area contributed by atoms with Crippen molar-refractivity contribution < 1.29 is 18.3 Å². The highest BCUT2D eigenvalue weighted by molar-refractivity contribution is 5.81. The second kappa shape index (κ2) is 4.33. The molecule has 0 unspecified atom stereocenters. The van der Waals surface area contributed by atoms with Crippen molar-refractivity contribution in [1.82, 2.24) is 4.98 Å². The van der Waals surface area contributed by atoms with E-state index in [0.29, 0.717) is 16.5 Å². The lowest BCUT2D eigenvalue weighted by Crippen LogP contribution is -2.30. The minimum Gasteiger partial charge on any atom is -0.383 e. The maximum absolute atomic E-state index is 12.3. The fraction of sp³-hybridized carbons (Fsp3) is 0.250. The maximum atomic E-state index is 12.3. The number of alkyl halides is 3. The maximum Gasteiger partial charge on any atom is 0.414 e. The topological polar surface area (TPSA) is 33.1 Å². The summed E-state index contributed by atoms with van der Waals surface area (Å²) in [7, 11) is 0. The molecule has 0 saturated carbocycles. The molecule has 0 radical (unpaired) electrons.